The molecule has 1 aliphatic rings. The van der Waals surface area contributed by atoms with Crippen LogP contribution in [0.15, 0.2) is 0 Å². The summed E-state index contributed by atoms with van der Waals surface area (Å²) < 4.78 is 0. The Bertz CT molecular complexity index is 164. The van der Waals surface area contributed by atoms with Gasteiger partial charge in [0.05, 0.1) is 5.92 Å². The van der Waals surface area contributed by atoms with Gasteiger partial charge in [-0.3, -0.25) is 4.79 Å². The monoisotopic (exact) mass is 185 g/mol. The third kappa shape index (κ3) is 3.35. The van der Waals surface area contributed by atoms with Gasteiger partial charge in [-0.05, 0) is 44.7 Å². The maximum absolute atomic E-state index is 10.8. The zero-order valence-corrected chi connectivity index (χ0v) is 8.25. The number of rotatable bonds is 4. The highest BCUT2D eigenvalue weighted by molar-refractivity contribution is 5.69. The Morgan fingerprint density at radius 2 is 2.15 bits per heavy atom. The van der Waals surface area contributed by atoms with Crippen LogP contribution in [0.2, 0.25) is 0 Å². The van der Waals surface area contributed by atoms with E-state index < -0.39 is 5.97 Å². The Morgan fingerprint density at radius 1 is 1.54 bits per heavy atom. The van der Waals surface area contributed by atoms with Gasteiger partial charge in [0.2, 0.25) is 0 Å². The van der Waals surface area contributed by atoms with Crippen LogP contribution in [0.5, 0.6) is 0 Å². The van der Waals surface area contributed by atoms with E-state index in [1.165, 1.54) is 0 Å². The van der Waals surface area contributed by atoms with Crippen LogP contribution in [0.4, 0.5) is 0 Å². The number of carboxylic acid groups (broad SMARTS) is 1. The predicted molar refractivity (Wildman–Crippen MR) is 51.6 cm³/mol. The zero-order valence-electron chi connectivity index (χ0n) is 8.25. The van der Waals surface area contributed by atoms with E-state index in [-0.39, 0.29) is 5.92 Å². The molecule has 0 bridgehead atoms. The molecular formula is C10H19NO2. The highest BCUT2D eigenvalue weighted by atomic mass is 16.4. The average molecular weight is 185 g/mol. The second-order valence-corrected chi connectivity index (χ2v) is 3.87. The lowest BCUT2D eigenvalue weighted by Gasteiger charge is -2.24. The van der Waals surface area contributed by atoms with E-state index in [1.54, 1.807) is 0 Å². The van der Waals surface area contributed by atoms with Crippen LogP contribution >= 0.6 is 0 Å². The molecular weight excluding hydrogens is 166 g/mol. The minimum absolute atomic E-state index is 0.122. The molecule has 0 aliphatic carbocycles. The number of piperidine rings is 1. The maximum Gasteiger partial charge on any atom is 0.306 e. The summed E-state index contributed by atoms with van der Waals surface area (Å²) in [5.41, 5.74) is 0. The van der Waals surface area contributed by atoms with E-state index in [9.17, 15) is 4.79 Å². The number of carbonyl (C=O) groups is 1. The second-order valence-electron chi connectivity index (χ2n) is 3.87. The van der Waals surface area contributed by atoms with Gasteiger partial charge < -0.3 is 10.4 Å². The average Bonchev–Trinajstić information content (AvgIpc) is 2.15. The summed E-state index contributed by atoms with van der Waals surface area (Å²) in [7, 11) is 0. The summed E-state index contributed by atoms with van der Waals surface area (Å²) in [5.74, 6) is -0.119. The fourth-order valence-corrected chi connectivity index (χ4v) is 1.96. The fourth-order valence-electron chi connectivity index (χ4n) is 1.96. The minimum Gasteiger partial charge on any atom is -0.481 e. The molecule has 0 aromatic rings. The van der Waals surface area contributed by atoms with Gasteiger partial charge >= 0.3 is 5.97 Å². The van der Waals surface area contributed by atoms with Gasteiger partial charge in [-0.15, -0.1) is 0 Å². The van der Waals surface area contributed by atoms with E-state index in [4.69, 9.17) is 5.11 Å². The normalized spacial score (nSPS) is 21.3. The van der Waals surface area contributed by atoms with Gasteiger partial charge in [-0.1, -0.05) is 6.92 Å². The van der Waals surface area contributed by atoms with Crippen molar-refractivity contribution in [1.29, 1.82) is 0 Å². The molecule has 0 saturated carbocycles. The highest BCUT2D eigenvalue weighted by Crippen LogP contribution is 2.23. The molecule has 1 fully saturated rings. The van der Waals surface area contributed by atoms with Gasteiger partial charge in [0.25, 0.3) is 0 Å². The van der Waals surface area contributed by atoms with Gasteiger partial charge in [-0.25, -0.2) is 0 Å². The number of hydrogen-bond acceptors (Lipinski definition) is 2. The molecule has 0 aromatic heterocycles. The van der Waals surface area contributed by atoms with E-state index in [0.717, 1.165) is 38.8 Å². The summed E-state index contributed by atoms with van der Waals surface area (Å²) in [6.07, 6.45) is 3.92. The summed E-state index contributed by atoms with van der Waals surface area (Å²) in [6, 6.07) is 0. The summed E-state index contributed by atoms with van der Waals surface area (Å²) >= 11 is 0. The van der Waals surface area contributed by atoms with Gasteiger partial charge in [-0.2, -0.15) is 0 Å². The first-order chi connectivity index (χ1) is 6.24. The van der Waals surface area contributed by atoms with Crippen LogP contribution < -0.4 is 5.32 Å². The molecule has 3 heteroatoms. The van der Waals surface area contributed by atoms with Gasteiger partial charge in [0.1, 0.15) is 0 Å². The van der Waals surface area contributed by atoms with E-state index in [0.29, 0.717) is 5.92 Å². The molecule has 0 amide bonds. The zero-order chi connectivity index (χ0) is 9.68. The molecule has 0 aromatic carbocycles. The standard InChI is InChI=1S/C10H19NO2/c1-2-9(10(12)13)7-8-3-5-11-6-4-8/h8-9,11H,2-7H2,1H3,(H,12,13). The molecule has 2 N–H and O–H groups in total. The molecule has 1 heterocycles. The van der Waals surface area contributed by atoms with Crippen LogP contribution in [0.25, 0.3) is 0 Å². The van der Waals surface area contributed by atoms with Gasteiger partial charge in [0, 0.05) is 0 Å². The lowest BCUT2D eigenvalue weighted by Crippen LogP contribution is -2.30. The van der Waals surface area contributed by atoms with Crippen molar-refractivity contribution in [1.82, 2.24) is 5.32 Å². The van der Waals surface area contributed by atoms with Crippen LogP contribution in [0.1, 0.15) is 32.6 Å². The van der Waals surface area contributed by atoms with Crippen molar-refractivity contribution in [3.05, 3.63) is 0 Å². The summed E-state index contributed by atoms with van der Waals surface area (Å²) in [6.45, 7) is 4.07. The molecule has 0 spiro atoms. The molecule has 76 valence electrons. The Morgan fingerprint density at radius 3 is 2.62 bits per heavy atom. The van der Waals surface area contributed by atoms with Crippen molar-refractivity contribution in [3.63, 3.8) is 0 Å². The molecule has 1 atom stereocenters. The van der Waals surface area contributed by atoms with Crippen molar-refractivity contribution in [2.75, 3.05) is 13.1 Å². The first-order valence-corrected chi connectivity index (χ1v) is 5.17. The van der Waals surface area contributed by atoms with Crippen LogP contribution in [-0.2, 0) is 4.79 Å². The van der Waals surface area contributed by atoms with Crippen LogP contribution in [-0.4, -0.2) is 24.2 Å². The minimum atomic E-state index is -0.624. The van der Waals surface area contributed by atoms with E-state index in [1.807, 2.05) is 6.92 Å². The first kappa shape index (κ1) is 10.5. The SMILES string of the molecule is CCC(CC1CCNCC1)C(=O)O. The van der Waals surface area contributed by atoms with Crippen molar-refractivity contribution >= 4 is 5.97 Å². The van der Waals surface area contributed by atoms with Crippen LogP contribution in [0.3, 0.4) is 0 Å². The van der Waals surface area contributed by atoms with Crippen LogP contribution in [0, 0.1) is 11.8 Å². The molecule has 3 nitrogen and oxygen atoms in total. The maximum atomic E-state index is 10.8. The molecule has 13 heavy (non-hydrogen) atoms. The predicted octanol–water partition coefficient (Wildman–Crippen LogP) is 1.49. The van der Waals surface area contributed by atoms with Gasteiger partial charge in [0.15, 0.2) is 0 Å². The third-order valence-corrected chi connectivity index (χ3v) is 2.92. The van der Waals surface area contributed by atoms with E-state index in [2.05, 4.69) is 5.32 Å². The number of aliphatic carboxylic acids is 1. The van der Waals surface area contributed by atoms with E-state index >= 15 is 0 Å². The fraction of sp³-hybridized carbons (Fsp3) is 0.900. The third-order valence-electron chi connectivity index (χ3n) is 2.92. The smallest absolute Gasteiger partial charge is 0.306 e. The number of hydrogen-bond donors (Lipinski definition) is 2. The topological polar surface area (TPSA) is 49.3 Å². The molecule has 1 saturated heterocycles. The highest BCUT2D eigenvalue weighted by Gasteiger charge is 2.21. The Kier molecular flexibility index (Phi) is 4.22. The first-order valence-electron chi connectivity index (χ1n) is 5.17. The van der Waals surface area contributed by atoms with Crippen molar-refractivity contribution < 1.29 is 9.90 Å². The number of nitrogens with one attached hydrogen (secondary N) is 1. The lowest BCUT2D eigenvalue weighted by molar-refractivity contribution is -0.142. The number of carboxylic acids is 1. The van der Waals surface area contributed by atoms with Crippen molar-refractivity contribution in [3.8, 4) is 0 Å². The van der Waals surface area contributed by atoms with Crippen molar-refractivity contribution in [2.24, 2.45) is 11.8 Å². The molecule has 1 rings (SSSR count). The quantitative estimate of drug-likeness (QED) is 0.697. The largest absolute Gasteiger partial charge is 0.481 e. The molecule has 1 aliphatic heterocycles. The Balaban J connectivity index is 2.31. The molecule has 1 unspecified atom stereocenters. The summed E-state index contributed by atoms with van der Waals surface area (Å²) in [5, 5.41) is 12.2. The lowest BCUT2D eigenvalue weighted by atomic mass is 9.87. The van der Waals surface area contributed by atoms with Crippen molar-refractivity contribution in [2.45, 2.75) is 32.6 Å². The molecule has 0 radical (unpaired) electrons. The second kappa shape index (κ2) is 5.22. The summed E-state index contributed by atoms with van der Waals surface area (Å²) in [4.78, 5) is 10.8. The Labute approximate surface area is 79.5 Å². The Hall–Kier alpha value is -0.570.